The van der Waals surface area contributed by atoms with Gasteiger partial charge >= 0.3 is 0 Å². The highest BCUT2D eigenvalue weighted by Crippen LogP contribution is 2.41. The standard InChI is InChI=1S/C27H35ClN2O2/c1-21-7-3-6-18-30(21)19-20-32-25-14-12-24(13-15-25)29-26(31)27(16-4-2-5-17-27)22-8-10-23(28)11-9-22/h8-15,21H,2-7,16-20H2,1H3,(H,29,31)/t21-/m0/s1. The van der Waals surface area contributed by atoms with Crippen molar-refractivity contribution >= 4 is 23.2 Å². The number of piperidine rings is 1. The number of amides is 1. The third kappa shape index (κ3) is 5.47. The average Bonchev–Trinajstić information content (AvgIpc) is 2.82. The van der Waals surface area contributed by atoms with Crippen molar-refractivity contribution in [1.29, 1.82) is 0 Å². The van der Waals surface area contributed by atoms with E-state index >= 15 is 0 Å². The minimum atomic E-state index is -0.483. The van der Waals surface area contributed by atoms with Crippen molar-refractivity contribution < 1.29 is 9.53 Å². The van der Waals surface area contributed by atoms with E-state index in [2.05, 4.69) is 17.1 Å². The lowest BCUT2D eigenvalue weighted by Gasteiger charge is -2.36. The second-order valence-corrected chi connectivity index (χ2v) is 9.79. The lowest BCUT2D eigenvalue weighted by molar-refractivity contribution is -0.122. The van der Waals surface area contributed by atoms with Gasteiger partial charge in [0.25, 0.3) is 0 Å². The first-order valence-corrected chi connectivity index (χ1v) is 12.5. The number of halogens is 1. The number of nitrogens with one attached hydrogen (secondary N) is 1. The molecule has 2 aliphatic rings. The van der Waals surface area contributed by atoms with Gasteiger partial charge in [-0.2, -0.15) is 0 Å². The molecule has 32 heavy (non-hydrogen) atoms. The molecule has 1 amide bonds. The van der Waals surface area contributed by atoms with Gasteiger partial charge in [-0.1, -0.05) is 49.4 Å². The summed E-state index contributed by atoms with van der Waals surface area (Å²) in [6, 6.07) is 16.2. The average molecular weight is 455 g/mol. The van der Waals surface area contributed by atoms with Crippen molar-refractivity contribution in [3.8, 4) is 5.75 Å². The normalized spacial score (nSPS) is 21.1. The summed E-state index contributed by atoms with van der Waals surface area (Å²) >= 11 is 6.09. The highest BCUT2D eigenvalue weighted by Gasteiger charge is 2.41. The van der Waals surface area contributed by atoms with E-state index in [4.69, 9.17) is 16.3 Å². The Morgan fingerprint density at radius 1 is 1.03 bits per heavy atom. The van der Waals surface area contributed by atoms with Crippen molar-refractivity contribution in [2.24, 2.45) is 0 Å². The number of nitrogens with zero attached hydrogens (tertiary/aromatic N) is 1. The van der Waals surface area contributed by atoms with Gasteiger partial charge in [0.1, 0.15) is 12.4 Å². The predicted octanol–water partition coefficient (Wildman–Crippen LogP) is 6.43. The molecule has 1 saturated carbocycles. The fourth-order valence-electron chi connectivity index (χ4n) is 5.23. The number of anilines is 1. The number of hydrogen-bond donors (Lipinski definition) is 1. The van der Waals surface area contributed by atoms with Crippen LogP contribution >= 0.6 is 11.6 Å². The van der Waals surface area contributed by atoms with E-state index in [-0.39, 0.29) is 5.91 Å². The molecule has 0 radical (unpaired) electrons. The Balaban J connectivity index is 1.36. The number of likely N-dealkylation sites (tertiary alicyclic amines) is 1. The second kappa shape index (κ2) is 10.7. The summed E-state index contributed by atoms with van der Waals surface area (Å²) in [5.41, 5.74) is 1.39. The molecule has 2 aromatic rings. The Kier molecular flexibility index (Phi) is 7.75. The molecule has 4 rings (SSSR count). The first-order chi connectivity index (χ1) is 15.6. The maximum atomic E-state index is 13.5. The zero-order valence-electron chi connectivity index (χ0n) is 19.1. The van der Waals surface area contributed by atoms with Gasteiger partial charge in [0, 0.05) is 23.3 Å². The van der Waals surface area contributed by atoms with Crippen molar-refractivity contribution in [1.82, 2.24) is 4.90 Å². The Morgan fingerprint density at radius 3 is 2.44 bits per heavy atom. The molecule has 1 aliphatic heterocycles. The van der Waals surface area contributed by atoms with Gasteiger partial charge in [0.15, 0.2) is 0 Å². The van der Waals surface area contributed by atoms with E-state index in [1.807, 2.05) is 48.5 Å². The predicted molar refractivity (Wildman–Crippen MR) is 132 cm³/mol. The molecule has 1 N–H and O–H groups in total. The van der Waals surface area contributed by atoms with Gasteiger partial charge in [-0.25, -0.2) is 0 Å². The molecule has 4 nitrogen and oxygen atoms in total. The zero-order chi connectivity index (χ0) is 22.4. The van der Waals surface area contributed by atoms with Crippen LogP contribution in [0.5, 0.6) is 5.75 Å². The van der Waals surface area contributed by atoms with Crippen LogP contribution in [0.1, 0.15) is 63.9 Å². The number of carbonyl (C=O) groups is 1. The van der Waals surface area contributed by atoms with Crippen molar-refractivity contribution in [3.05, 3.63) is 59.1 Å². The second-order valence-electron chi connectivity index (χ2n) is 9.36. The first kappa shape index (κ1) is 23.1. The lowest BCUT2D eigenvalue weighted by atomic mass is 9.68. The lowest BCUT2D eigenvalue weighted by Crippen LogP contribution is -2.42. The van der Waals surface area contributed by atoms with E-state index in [1.165, 1.54) is 32.2 Å². The molecule has 0 aromatic heterocycles. The minimum absolute atomic E-state index is 0.0762. The summed E-state index contributed by atoms with van der Waals surface area (Å²) in [5.74, 6) is 0.921. The molecule has 1 atom stereocenters. The summed E-state index contributed by atoms with van der Waals surface area (Å²) in [4.78, 5) is 16.0. The Hall–Kier alpha value is -2.04. The highest BCUT2D eigenvalue weighted by atomic mass is 35.5. The minimum Gasteiger partial charge on any atom is -0.492 e. The molecule has 5 heteroatoms. The van der Waals surface area contributed by atoms with E-state index in [0.29, 0.717) is 17.7 Å². The number of ether oxygens (including phenoxy) is 1. The van der Waals surface area contributed by atoms with Gasteiger partial charge < -0.3 is 10.1 Å². The maximum absolute atomic E-state index is 13.5. The van der Waals surface area contributed by atoms with Crippen molar-refractivity contribution in [2.75, 3.05) is 25.0 Å². The smallest absolute Gasteiger partial charge is 0.235 e. The quantitative estimate of drug-likeness (QED) is 0.523. The van der Waals surface area contributed by atoms with Gasteiger partial charge in [-0.3, -0.25) is 9.69 Å². The third-order valence-electron chi connectivity index (χ3n) is 7.24. The van der Waals surface area contributed by atoms with Crippen LogP contribution in [0.2, 0.25) is 5.02 Å². The molecule has 0 spiro atoms. The highest BCUT2D eigenvalue weighted by molar-refractivity contribution is 6.30. The summed E-state index contributed by atoms with van der Waals surface area (Å²) < 4.78 is 5.97. The van der Waals surface area contributed by atoms with Crippen molar-refractivity contribution in [2.45, 2.75) is 69.7 Å². The summed E-state index contributed by atoms with van der Waals surface area (Å²) in [6.07, 6.45) is 8.97. The van der Waals surface area contributed by atoms with E-state index in [0.717, 1.165) is 49.2 Å². The molecule has 1 heterocycles. The molecular weight excluding hydrogens is 420 g/mol. The Labute approximate surface area is 197 Å². The third-order valence-corrected chi connectivity index (χ3v) is 7.49. The molecular formula is C27H35ClN2O2. The van der Waals surface area contributed by atoms with E-state index in [1.54, 1.807) is 0 Å². The number of hydrogen-bond acceptors (Lipinski definition) is 3. The van der Waals surface area contributed by atoms with Crippen LogP contribution in [-0.4, -0.2) is 36.5 Å². The summed E-state index contributed by atoms with van der Waals surface area (Å²) in [6.45, 7) is 5.13. The molecule has 0 bridgehead atoms. The van der Waals surface area contributed by atoms with Gasteiger partial charge in [-0.15, -0.1) is 0 Å². The van der Waals surface area contributed by atoms with Gasteiger partial charge in [-0.05, 0) is 81.1 Å². The van der Waals surface area contributed by atoms with Crippen molar-refractivity contribution in [3.63, 3.8) is 0 Å². The topological polar surface area (TPSA) is 41.6 Å². The maximum Gasteiger partial charge on any atom is 0.235 e. The number of benzene rings is 2. The SMILES string of the molecule is C[C@H]1CCCCN1CCOc1ccc(NC(=O)C2(c3ccc(Cl)cc3)CCCCC2)cc1. The molecule has 1 saturated heterocycles. The van der Waals surface area contributed by atoms with Crippen LogP contribution in [0.4, 0.5) is 5.69 Å². The van der Waals surface area contributed by atoms with Crippen LogP contribution in [0, 0.1) is 0 Å². The summed E-state index contributed by atoms with van der Waals surface area (Å²) in [7, 11) is 0. The Bertz CT molecular complexity index is 876. The van der Waals surface area contributed by atoms with Gasteiger partial charge in [0.2, 0.25) is 5.91 Å². The molecule has 2 aromatic carbocycles. The van der Waals surface area contributed by atoms with E-state index < -0.39 is 5.41 Å². The fourth-order valence-corrected chi connectivity index (χ4v) is 5.35. The van der Waals surface area contributed by atoms with Crippen LogP contribution < -0.4 is 10.1 Å². The monoisotopic (exact) mass is 454 g/mol. The van der Waals surface area contributed by atoms with Crippen LogP contribution in [0.3, 0.4) is 0 Å². The Morgan fingerprint density at radius 2 is 1.75 bits per heavy atom. The zero-order valence-corrected chi connectivity index (χ0v) is 19.9. The molecule has 2 fully saturated rings. The summed E-state index contributed by atoms with van der Waals surface area (Å²) in [5, 5.41) is 3.87. The van der Waals surface area contributed by atoms with Crippen LogP contribution in [-0.2, 0) is 10.2 Å². The number of carbonyl (C=O) groups excluding carboxylic acids is 1. The van der Waals surface area contributed by atoms with Crippen LogP contribution in [0.25, 0.3) is 0 Å². The molecule has 0 unspecified atom stereocenters. The number of rotatable bonds is 7. The van der Waals surface area contributed by atoms with Crippen LogP contribution in [0.15, 0.2) is 48.5 Å². The van der Waals surface area contributed by atoms with E-state index in [9.17, 15) is 4.79 Å². The fraction of sp³-hybridized carbons (Fsp3) is 0.519. The first-order valence-electron chi connectivity index (χ1n) is 12.1. The molecule has 172 valence electrons. The van der Waals surface area contributed by atoms with Gasteiger partial charge in [0.05, 0.1) is 5.41 Å². The molecule has 1 aliphatic carbocycles. The largest absolute Gasteiger partial charge is 0.492 e.